The molecule has 0 spiro atoms. The van der Waals surface area contributed by atoms with Crippen molar-refractivity contribution in [3.63, 3.8) is 0 Å². The Morgan fingerprint density at radius 3 is 2.48 bits per heavy atom. The molecule has 120 valence electrons. The Hall–Kier alpha value is -0.600. The van der Waals surface area contributed by atoms with E-state index in [0.717, 1.165) is 12.1 Å². The van der Waals surface area contributed by atoms with Gasteiger partial charge in [0.2, 0.25) is 0 Å². The van der Waals surface area contributed by atoms with E-state index in [9.17, 15) is 26.7 Å². The summed E-state index contributed by atoms with van der Waals surface area (Å²) in [4.78, 5) is 0. The maximum Gasteiger partial charge on any atom is 0.416 e. The second-order valence-electron chi connectivity index (χ2n) is 4.63. The fourth-order valence-corrected chi connectivity index (χ4v) is 3.18. The van der Waals surface area contributed by atoms with Crippen molar-refractivity contribution in [1.82, 2.24) is 0 Å². The van der Waals surface area contributed by atoms with E-state index in [4.69, 9.17) is 0 Å². The van der Waals surface area contributed by atoms with Crippen LogP contribution in [-0.2, 0) is 16.0 Å². The van der Waals surface area contributed by atoms with Gasteiger partial charge in [0.15, 0.2) is 0 Å². The minimum absolute atomic E-state index is 0.0103. The third kappa shape index (κ3) is 5.60. The zero-order chi connectivity index (χ0) is 16.3. The molecule has 1 atom stereocenters. The van der Waals surface area contributed by atoms with Crippen LogP contribution < -0.4 is 0 Å². The highest BCUT2D eigenvalue weighted by Crippen LogP contribution is 2.34. The third-order valence-corrected chi connectivity index (χ3v) is 5.57. The average Bonchev–Trinajstić information content (AvgIpc) is 2.37. The predicted molar refractivity (Wildman–Crippen MR) is 77.7 cm³/mol. The molecule has 0 saturated carbocycles. The molecule has 21 heavy (non-hydrogen) atoms. The molecule has 0 heterocycles. The number of aliphatic hydroxyl groups excluding tert-OH is 1. The summed E-state index contributed by atoms with van der Waals surface area (Å²) in [6, 6.07) is 3.02. The van der Waals surface area contributed by atoms with Crippen LogP contribution in [0.1, 0.15) is 37.0 Å². The highest BCUT2D eigenvalue weighted by atomic mass is 79.9. The monoisotopic (exact) mass is 388 g/mol. The van der Waals surface area contributed by atoms with Crippen LogP contribution in [0, 0.1) is 0 Å². The van der Waals surface area contributed by atoms with E-state index in [1.54, 1.807) is 0 Å². The molecule has 0 saturated heterocycles. The minimum Gasteiger partial charge on any atom is -0.388 e. The first kappa shape index (κ1) is 18.4. The van der Waals surface area contributed by atoms with Gasteiger partial charge in [-0.2, -0.15) is 13.2 Å². The minimum atomic E-state index is -4.49. The third-order valence-electron chi connectivity index (χ3n) is 3.06. The standard InChI is InChI=1S/C13H16BrF3O3S/c1-2-21(19,20)7-3-4-12(18)10-8-9(13(15,16)17)5-6-11(10)14/h5-6,8,12,18H,2-4,7H2,1H3. The molecule has 0 radical (unpaired) electrons. The number of aliphatic hydroxyl groups is 1. The molecule has 1 aromatic rings. The smallest absolute Gasteiger partial charge is 0.388 e. The van der Waals surface area contributed by atoms with Crippen molar-refractivity contribution in [1.29, 1.82) is 0 Å². The van der Waals surface area contributed by atoms with Crippen molar-refractivity contribution in [3.8, 4) is 0 Å². The second kappa shape index (κ2) is 7.11. The number of halogens is 4. The molecular formula is C13H16BrF3O3S. The van der Waals surface area contributed by atoms with E-state index in [1.807, 2.05) is 0 Å². The van der Waals surface area contributed by atoms with Crippen LogP contribution in [0.25, 0.3) is 0 Å². The largest absolute Gasteiger partial charge is 0.416 e. The SMILES string of the molecule is CCS(=O)(=O)CCCC(O)c1cc(C(F)(F)F)ccc1Br. The van der Waals surface area contributed by atoms with Crippen LogP contribution >= 0.6 is 15.9 Å². The van der Waals surface area contributed by atoms with Crippen molar-refractivity contribution < 1.29 is 26.7 Å². The Balaban J connectivity index is 2.80. The quantitative estimate of drug-likeness (QED) is 0.807. The fraction of sp³-hybridized carbons (Fsp3) is 0.538. The Kier molecular flexibility index (Phi) is 6.24. The predicted octanol–water partition coefficient (Wildman–Crippen LogP) is 3.72. The van der Waals surface area contributed by atoms with Gasteiger partial charge >= 0.3 is 6.18 Å². The first-order chi connectivity index (χ1) is 9.57. The highest BCUT2D eigenvalue weighted by Gasteiger charge is 2.31. The summed E-state index contributed by atoms with van der Waals surface area (Å²) in [5.74, 6) is -0.0759. The Morgan fingerprint density at radius 2 is 1.95 bits per heavy atom. The summed E-state index contributed by atoms with van der Waals surface area (Å²) in [7, 11) is -3.14. The summed E-state index contributed by atoms with van der Waals surface area (Å²) >= 11 is 3.10. The van der Waals surface area contributed by atoms with Gasteiger partial charge in [-0.25, -0.2) is 8.42 Å². The molecule has 0 aliphatic rings. The van der Waals surface area contributed by atoms with Gasteiger partial charge in [0.1, 0.15) is 9.84 Å². The summed E-state index contributed by atoms with van der Waals surface area (Å²) < 4.78 is 60.9. The lowest BCUT2D eigenvalue weighted by atomic mass is 10.0. The number of benzene rings is 1. The number of alkyl halides is 3. The molecule has 1 aromatic carbocycles. The molecule has 0 aromatic heterocycles. The van der Waals surface area contributed by atoms with E-state index in [-0.39, 0.29) is 29.9 Å². The molecule has 0 amide bonds. The van der Waals surface area contributed by atoms with Crippen LogP contribution in [0.2, 0.25) is 0 Å². The zero-order valence-electron chi connectivity index (χ0n) is 11.3. The molecule has 0 aliphatic heterocycles. The first-order valence-corrected chi connectivity index (χ1v) is 8.93. The van der Waals surface area contributed by atoms with Crippen LogP contribution in [-0.4, -0.2) is 25.0 Å². The second-order valence-corrected chi connectivity index (χ2v) is 7.96. The van der Waals surface area contributed by atoms with Crippen LogP contribution in [0.4, 0.5) is 13.2 Å². The van der Waals surface area contributed by atoms with Crippen molar-refractivity contribution >= 4 is 25.8 Å². The van der Waals surface area contributed by atoms with Crippen molar-refractivity contribution in [2.45, 2.75) is 32.0 Å². The van der Waals surface area contributed by atoms with Crippen molar-refractivity contribution in [3.05, 3.63) is 33.8 Å². The Labute approximate surface area is 130 Å². The van der Waals surface area contributed by atoms with Crippen LogP contribution in [0.5, 0.6) is 0 Å². The van der Waals surface area contributed by atoms with Crippen LogP contribution in [0.15, 0.2) is 22.7 Å². The van der Waals surface area contributed by atoms with Gasteiger partial charge < -0.3 is 5.11 Å². The van der Waals surface area contributed by atoms with Gasteiger partial charge in [-0.3, -0.25) is 0 Å². The van der Waals surface area contributed by atoms with Crippen molar-refractivity contribution in [2.24, 2.45) is 0 Å². The van der Waals surface area contributed by atoms with Gasteiger partial charge in [0.25, 0.3) is 0 Å². The lowest BCUT2D eigenvalue weighted by Crippen LogP contribution is -2.11. The molecule has 0 aliphatic carbocycles. The Bertz CT molecular complexity index is 585. The fourth-order valence-electron chi connectivity index (χ4n) is 1.77. The molecular weight excluding hydrogens is 373 g/mol. The summed E-state index contributed by atoms with van der Waals surface area (Å²) in [5.41, 5.74) is -0.736. The number of sulfone groups is 1. The summed E-state index contributed by atoms with van der Waals surface area (Å²) in [6.45, 7) is 1.52. The molecule has 0 fully saturated rings. The van der Waals surface area contributed by atoms with Gasteiger partial charge in [-0.1, -0.05) is 22.9 Å². The molecule has 0 bridgehead atoms. The van der Waals surface area contributed by atoms with Gasteiger partial charge in [-0.05, 0) is 36.6 Å². The summed E-state index contributed by atoms with van der Waals surface area (Å²) in [6.07, 6.45) is -5.35. The molecule has 8 heteroatoms. The van der Waals surface area contributed by atoms with Crippen molar-refractivity contribution in [2.75, 3.05) is 11.5 Å². The highest BCUT2D eigenvalue weighted by molar-refractivity contribution is 9.10. The number of hydrogen-bond donors (Lipinski definition) is 1. The van der Waals surface area contributed by atoms with E-state index in [2.05, 4.69) is 15.9 Å². The van der Waals surface area contributed by atoms with Crippen LogP contribution in [0.3, 0.4) is 0 Å². The molecule has 1 N–H and O–H groups in total. The van der Waals surface area contributed by atoms with Gasteiger partial charge in [-0.15, -0.1) is 0 Å². The number of hydrogen-bond acceptors (Lipinski definition) is 3. The van der Waals surface area contributed by atoms with Gasteiger partial charge in [0.05, 0.1) is 17.4 Å². The maximum atomic E-state index is 12.6. The summed E-state index contributed by atoms with van der Waals surface area (Å²) in [5, 5.41) is 9.97. The number of rotatable bonds is 6. The molecule has 3 nitrogen and oxygen atoms in total. The molecule has 1 rings (SSSR count). The molecule has 1 unspecified atom stereocenters. The lowest BCUT2D eigenvalue weighted by Gasteiger charge is -2.15. The van der Waals surface area contributed by atoms with E-state index >= 15 is 0 Å². The Morgan fingerprint density at radius 1 is 1.33 bits per heavy atom. The first-order valence-electron chi connectivity index (χ1n) is 6.32. The normalized spacial score (nSPS) is 14.2. The van der Waals surface area contributed by atoms with Gasteiger partial charge in [0, 0.05) is 10.2 Å². The van der Waals surface area contributed by atoms with E-state index in [0.29, 0.717) is 4.47 Å². The maximum absolute atomic E-state index is 12.6. The lowest BCUT2D eigenvalue weighted by molar-refractivity contribution is -0.137. The topological polar surface area (TPSA) is 54.4 Å². The zero-order valence-corrected chi connectivity index (χ0v) is 13.7. The van der Waals surface area contributed by atoms with E-state index < -0.39 is 27.7 Å². The average molecular weight is 389 g/mol. The van der Waals surface area contributed by atoms with E-state index in [1.165, 1.54) is 13.0 Å².